The highest BCUT2D eigenvalue weighted by Gasteiger charge is 2.73. The summed E-state index contributed by atoms with van der Waals surface area (Å²) in [6.07, 6.45) is -6.24. The van der Waals surface area contributed by atoms with Gasteiger partial charge in [0.05, 0.1) is 0 Å². The maximum atomic E-state index is 12.8. The highest BCUT2D eigenvalue weighted by atomic mass is 19.4. The van der Waals surface area contributed by atoms with Gasteiger partial charge in [0, 0.05) is 6.20 Å². The zero-order valence-corrected chi connectivity index (χ0v) is 9.42. The SMILES string of the molecule is CC1=NC(C(F)(F)F)(C(F)(F)F)N=C2C=CC=CN12. The van der Waals surface area contributed by atoms with Gasteiger partial charge in [-0.3, -0.25) is 4.90 Å². The predicted molar refractivity (Wildman–Crippen MR) is 55.5 cm³/mol. The van der Waals surface area contributed by atoms with Crippen LogP contribution in [0.1, 0.15) is 6.92 Å². The van der Waals surface area contributed by atoms with Crippen LogP contribution < -0.4 is 0 Å². The van der Waals surface area contributed by atoms with E-state index in [1.807, 2.05) is 0 Å². The Morgan fingerprint density at radius 1 is 1.00 bits per heavy atom. The molecule has 0 aliphatic carbocycles. The van der Waals surface area contributed by atoms with Gasteiger partial charge in [0.15, 0.2) is 0 Å². The van der Waals surface area contributed by atoms with E-state index >= 15 is 0 Å². The van der Waals surface area contributed by atoms with Crippen molar-refractivity contribution >= 4 is 11.7 Å². The normalized spacial score (nSPS) is 21.9. The molecule has 0 saturated carbocycles. The molecular weight excluding hydrogens is 276 g/mol. The molecule has 0 radical (unpaired) electrons. The minimum Gasteiger partial charge on any atom is -0.290 e. The number of fused-ring (bicyclic) bond motifs is 1. The van der Waals surface area contributed by atoms with Crippen molar-refractivity contribution < 1.29 is 26.3 Å². The number of alkyl halides is 6. The van der Waals surface area contributed by atoms with Crippen LogP contribution >= 0.6 is 0 Å². The quantitative estimate of drug-likeness (QED) is 0.628. The molecule has 9 heteroatoms. The van der Waals surface area contributed by atoms with Crippen molar-refractivity contribution in [2.45, 2.75) is 24.9 Å². The van der Waals surface area contributed by atoms with E-state index in [9.17, 15) is 26.3 Å². The summed E-state index contributed by atoms with van der Waals surface area (Å²) in [4.78, 5) is 6.61. The number of amidine groups is 2. The number of rotatable bonds is 0. The van der Waals surface area contributed by atoms with Crippen molar-refractivity contribution in [3.05, 3.63) is 24.4 Å². The number of aliphatic imine (C=N–C) groups is 2. The molecule has 0 saturated heterocycles. The minimum atomic E-state index is -5.67. The van der Waals surface area contributed by atoms with Crippen molar-refractivity contribution in [2.75, 3.05) is 0 Å². The summed E-state index contributed by atoms with van der Waals surface area (Å²) in [5.41, 5.74) is -4.44. The molecule has 19 heavy (non-hydrogen) atoms. The van der Waals surface area contributed by atoms with Crippen LogP contribution in [0.25, 0.3) is 0 Å². The molecule has 0 aromatic heterocycles. The van der Waals surface area contributed by atoms with Crippen LogP contribution in [0.5, 0.6) is 0 Å². The first kappa shape index (κ1) is 13.6. The third-order valence-corrected chi connectivity index (χ3v) is 2.58. The second kappa shape index (κ2) is 3.84. The molecular formula is C10H7F6N3. The second-order valence-corrected chi connectivity index (χ2v) is 3.87. The van der Waals surface area contributed by atoms with Gasteiger partial charge in [-0.25, -0.2) is 9.98 Å². The van der Waals surface area contributed by atoms with Gasteiger partial charge in [0.1, 0.15) is 11.7 Å². The van der Waals surface area contributed by atoms with E-state index in [1.54, 1.807) is 0 Å². The fraction of sp³-hybridized carbons (Fsp3) is 0.400. The monoisotopic (exact) mass is 283 g/mol. The number of hydrogen-bond donors (Lipinski definition) is 0. The van der Waals surface area contributed by atoms with Gasteiger partial charge in [0.25, 0.3) is 0 Å². The van der Waals surface area contributed by atoms with Crippen molar-refractivity contribution in [1.29, 1.82) is 0 Å². The first-order valence-electron chi connectivity index (χ1n) is 5.02. The fourth-order valence-electron chi connectivity index (χ4n) is 1.69. The van der Waals surface area contributed by atoms with Gasteiger partial charge >= 0.3 is 18.0 Å². The average Bonchev–Trinajstić information content (AvgIpc) is 2.26. The Morgan fingerprint density at radius 2 is 1.58 bits per heavy atom. The Hall–Kier alpha value is -1.80. The van der Waals surface area contributed by atoms with Crippen LogP contribution in [0.15, 0.2) is 34.4 Å². The molecule has 0 unspecified atom stereocenters. The third-order valence-electron chi connectivity index (χ3n) is 2.58. The zero-order chi connectivity index (χ0) is 14.5. The molecule has 0 amide bonds. The summed E-state index contributed by atoms with van der Waals surface area (Å²) in [5, 5.41) is 0. The van der Waals surface area contributed by atoms with E-state index in [4.69, 9.17) is 0 Å². The van der Waals surface area contributed by atoms with Gasteiger partial charge in [0.2, 0.25) is 0 Å². The highest BCUT2D eigenvalue weighted by Crippen LogP contribution is 2.48. The molecule has 0 aromatic carbocycles. The average molecular weight is 283 g/mol. The molecule has 0 aromatic rings. The van der Waals surface area contributed by atoms with Crippen LogP contribution in [0.3, 0.4) is 0 Å². The summed E-state index contributed by atoms with van der Waals surface area (Å²) >= 11 is 0. The molecule has 3 nitrogen and oxygen atoms in total. The molecule has 2 aliphatic rings. The summed E-state index contributed by atoms with van der Waals surface area (Å²) in [7, 11) is 0. The van der Waals surface area contributed by atoms with Gasteiger partial charge in [-0.15, -0.1) is 0 Å². The number of hydrogen-bond acceptors (Lipinski definition) is 3. The van der Waals surface area contributed by atoms with Gasteiger partial charge < -0.3 is 0 Å². The maximum Gasteiger partial charge on any atom is 0.443 e. The molecule has 2 heterocycles. The van der Waals surface area contributed by atoms with Crippen LogP contribution in [0, 0.1) is 0 Å². The molecule has 0 bridgehead atoms. The fourth-order valence-corrected chi connectivity index (χ4v) is 1.69. The zero-order valence-electron chi connectivity index (χ0n) is 9.42. The minimum absolute atomic E-state index is 0.430. The van der Waals surface area contributed by atoms with Crippen molar-refractivity contribution in [3.63, 3.8) is 0 Å². The van der Waals surface area contributed by atoms with E-state index < -0.39 is 29.7 Å². The lowest BCUT2D eigenvalue weighted by atomic mass is 10.1. The van der Waals surface area contributed by atoms with E-state index in [1.165, 1.54) is 18.4 Å². The highest BCUT2D eigenvalue weighted by molar-refractivity contribution is 6.08. The van der Waals surface area contributed by atoms with Crippen molar-refractivity contribution in [1.82, 2.24) is 4.90 Å². The Bertz CT molecular complexity index is 494. The largest absolute Gasteiger partial charge is 0.443 e. The molecule has 0 N–H and O–H groups in total. The Labute approximate surface area is 103 Å². The lowest BCUT2D eigenvalue weighted by molar-refractivity contribution is -0.292. The summed E-state index contributed by atoms with van der Waals surface area (Å²) in [5.74, 6) is -0.884. The number of allylic oxidation sites excluding steroid dienone is 2. The maximum absolute atomic E-state index is 12.8. The van der Waals surface area contributed by atoms with Crippen molar-refractivity contribution in [2.24, 2.45) is 9.98 Å². The Kier molecular flexibility index (Phi) is 2.76. The van der Waals surface area contributed by atoms with Crippen molar-refractivity contribution in [3.8, 4) is 0 Å². The van der Waals surface area contributed by atoms with Crippen LogP contribution in [0.4, 0.5) is 26.3 Å². The summed E-state index contributed by atoms with van der Waals surface area (Å²) in [6.45, 7) is 1.06. The Balaban J connectivity index is 2.65. The standard InChI is InChI=1S/C10H7F6N3/c1-6-17-8(9(11,12)13,10(14,15)16)18-7-4-2-3-5-19(6)7/h2-5H,1H3. The van der Waals surface area contributed by atoms with E-state index in [0.29, 0.717) is 0 Å². The lowest BCUT2D eigenvalue weighted by Crippen LogP contribution is -2.58. The Morgan fingerprint density at radius 3 is 2.11 bits per heavy atom. The van der Waals surface area contributed by atoms with Crippen LogP contribution in [-0.2, 0) is 0 Å². The first-order valence-corrected chi connectivity index (χ1v) is 5.02. The smallest absolute Gasteiger partial charge is 0.290 e. The topological polar surface area (TPSA) is 28.0 Å². The van der Waals surface area contributed by atoms with Gasteiger partial charge in [-0.2, -0.15) is 26.3 Å². The molecule has 0 atom stereocenters. The molecule has 2 aliphatic heterocycles. The lowest BCUT2D eigenvalue weighted by Gasteiger charge is -2.37. The van der Waals surface area contributed by atoms with Gasteiger partial charge in [-0.1, -0.05) is 6.08 Å². The summed E-state index contributed by atoms with van der Waals surface area (Å²) in [6, 6.07) is 0. The number of halogens is 6. The van der Waals surface area contributed by atoms with E-state index in [2.05, 4.69) is 9.98 Å². The van der Waals surface area contributed by atoms with Gasteiger partial charge in [-0.05, 0) is 19.1 Å². The molecule has 0 fully saturated rings. The molecule has 104 valence electrons. The summed E-state index contributed by atoms with van der Waals surface area (Å²) < 4.78 is 77.0. The van der Waals surface area contributed by atoms with E-state index in [-0.39, 0.29) is 0 Å². The van der Waals surface area contributed by atoms with Crippen LogP contribution in [-0.4, -0.2) is 34.6 Å². The second-order valence-electron chi connectivity index (χ2n) is 3.87. The van der Waals surface area contributed by atoms with Crippen LogP contribution in [0.2, 0.25) is 0 Å². The first-order chi connectivity index (χ1) is 8.58. The molecule has 2 rings (SSSR count). The predicted octanol–water partition coefficient (Wildman–Crippen LogP) is 3.02. The number of nitrogens with zero attached hydrogens (tertiary/aromatic N) is 3. The van der Waals surface area contributed by atoms with E-state index in [0.717, 1.165) is 17.9 Å². The third kappa shape index (κ3) is 1.92. The molecule has 0 spiro atoms.